The fourth-order valence-electron chi connectivity index (χ4n) is 2.84. The highest BCUT2D eigenvalue weighted by molar-refractivity contribution is 7.91. The van der Waals surface area contributed by atoms with Gasteiger partial charge in [-0.3, -0.25) is 4.79 Å². The number of benzene rings is 1. The van der Waals surface area contributed by atoms with Crippen molar-refractivity contribution in [1.29, 1.82) is 0 Å². The number of hydrogen-bond acceptors (Lipinski definition) is 6. The van der Waals surface area contributed by atoms with Crippen LogP contribution in [0.25, 0.3) is 6.08 Å². The number of ether oxygens (including phenoxy) is 1. The van der Waals surface area contributed by atoms with Crippen LogP contribution in [0, 0.1) is 0 Å². The molecule has 1 aromatic heterocycles. The zero-order chi connectivity index (χ0) is 21.9. The van der Waals surface area contributed by atoms with Gasteiger partial charge in [0.2, 0.25) is 5.91 Å². The average Bonchev–Trinajstić information content (AvgIpc) is 3.25. The molecule has 0 bridgehead atoms. The van der Waals surface area contributed by atoms with Crippen molar-refractivity contribution in [2.24, 2.45) is 0 Å². The summed E-state index contributed by atoms with van der Waals surface area (Å²) in [4.78, 5) is 25.6. The Morgan fingerprint density at radius 1 is 1.10 bits per heavy atom. The minimum atomic E-state index is -3.74. The molecule has 1 fully saturated rings. The second kappa shape index (κ2) is 9.49. The van der Waals surface area contributed by atoms with Crippen molar-refractivity contribution in [3.05, 3.63) is 56.9 Å². The summed E-state index contributed by atoms with van der Waals surface area (Å²) in [6.07, 6.45) is 3.05. The smallest absolute Gasteiger partial charge is 0.338 e. The molecule has 1 aliphatic rings. The number of thiophene rings is 1. The van der Waals surface area contributed by atoms with Gasteiger partial charge in [-0.2, -0.15) is 4.31 Å². The summed E-state index contributed by atoms with van der Waals surface area (Å²) in [7, 11) is -2.50. The Kier molecular flexibility index (Phi) is 7.20. The summed E-state index contributed by atoms with van der Waals surface area (Å²) in [6.45, 7) is 0.859. The molecule has 1 aromatic carbocycles. The molecule has 0 unspecified atom stereocenters. The molecular weight excluding hydrogens is 471 g/mol. The van der Waals surface area contributed by atoms with Gasteiger partial charge in [-0.1, -0.05) is 29.3 Å². The maximum Gasteiger partial charge on any atom is 0.338 e. The average molecular weight is 489 g/mol. The van der Waals surface area contributed by atoms with Gasteiger partial charge >= 0.3 is 5.97 Å². The maximum absolute atomic E-state index is 12.8. The number of methoxy groups -OCH3 is 1. The lowest BCUT2D eigenvalue weighted by atomic mass is 10.2. The summed E-state index contributed by atoms with van der Waals surface area (Å²) < 4.78 is 31.6. The predicted molar refractivity (Wildman–Crippen MR) is 116 cm³/mol. The molecular formula is C19H18Cl2N2O5S2. The molecule has 2 heterocycles. The normalized spacial score (nSPS) is 15.5. The van der Waals surface area contributed by atoms with Crippen LogP contribution in [-0.4, -0.2) is 62.8 Å². The molecule has 0 saturated carbocycles. The first-order valence-corrected chi connectivity index (χ1v) is 11.9. The standard InChI is InChI=1S/C19H18Cl2N2O5S2/c1-28-19(25)14-11-18(29-12-14)30(26,27)23-8-6-22(7-9-23)17(24)5-3-13-2-4-15(20)16(21)10-13/h2-5,10-12H,6-9H2,1H3/b5-3+. The van der Waals surface area contributed by atoms with E-state index in [9.17, 15) is 18.0 Å². The lowest BCUT2D eigenvalue weighted by molar-refractivity contribution is -0.127. The van der Waals surface area contributed by atoms with E-state index >= 15 is 0 Å². The third-order valence-corrected chi connectivity index (χ3v) is 8.56. The molecule has 0 spiro atoms. The largest absolute Gasteiger partial charge is 0.465 e. The fourth-order valence-corrected chi connectivity index (χ4v) is 5.87. The number of esters is 1. The molecule has 160 valence electrons. The Morgan fingerprint density at radius 2 is 1.80 bits per heavy atom. The van der Waals surface area contributed by atoms with Crippen molar-refractivity contribution in [1.82, 2.24) is 9.21 Å². The number of hydrogen-bond donors (Lipinski definition) is 0. The van der Waals surface area contributed by atoms with E-state index in [2.05, 4.69) is 4.74 Å². The van der Waals surface area contributed by atoms with Gasteiger partial charge in [0, 0.05) is 37.6 Å². The maximum atomic E-state index is 12.8. The van der Waals surface area contributed by atoms with Gasteiger partial charge in [0.15, 0.2) is 0 Å². The summed E-state index contributed by atoms with van der Waals surface area (Å²) in [5.41, 5.74) is 0.931. The topological polar surface area (TPSA) is 84.0 Å². The molecule has 3 rings (SSSR count). The number of carbonyl (C=O) groups is 2. The van der Waals surface area contributed by atoms with Crippen LogP contribution in [0.3, 0.4) is 0 Å². The first kappa shape index (κ1) is 22.8. The number of halogens is 2. The van der Waals surface area contributed by atoms with E-state index < -0.39 is 16.0 Å². The lowest BCUT2D eigenvalue weighted by Crippen LogP contribution is -2.50. The Hall–Kier alpha value is -1.91. The number of carbonyl (C=O) groups excluding carboxylic acids is 2. The van der Waals surface area contributed by atoms with Gasteiger partial charge in [0.05, 0.1) is 22.7 Å². The van der Waals surface area contributed by atoms with Gasteiger partial charge in [-0.15, -0.1) is 11.3 Å². The molecule has 1 saturated heterocycles. The minimum absolute atomic E-state index is 0.0715. The van der Waals surface area contributed by atoms with Crippen molar-refractivity contribution in [3.63, 3.8) is 0 Å². The zero-order valence-electron chi connectivity index (χ0n) is 15.9. The third-order valence-electron chi connectivity index (χ3n) is 4.50. The van der Waals surface area contributed by atoms with Gasteiger partial charge in [-0.25, -0.2) is 13.2 Å². The molecule has 0 aliphatic carbocycles. The number of nitrogens with zero attached hydrogens (tertiary/aromatic N) is 2. The first-order valence-electron chi connectivity index (χ1n) is 8.81. The van der Waals surface area contributed by atoms with E-state index in [1.54, 1.807) is 29.2 Å². The Labute approximate surface area is 188 Å². The molecule has 2 aromatic rings. The van der Waals surface area contributed by atoms with Crippen molar-refractivity contribution >= 4 is 62.5 Å². The Bertz CT molecular complexity index is 1090. The summed E-state index contributed by atoms with van der Waals surface area (Å²) in [5, 5.41) is 2.28. The highest BCUT2D eigenvalue weighted by Crippen LogP contribution is 2.26. The van der Waals surface area contributed by atoms with Crippen molar-refractivity contribution in [3.8, 4) is 0 Å². The van der Waals surface area contributed by atoms with Crippen LogP contribution in [0.4, 0.5) is 0 Å². The van der Waals surface area contributed by atoms with Crippen LogP contribution in [0.2, 0.25) is 10.0 Å². The van der Waals surface area contributed by atoms with Crippen molar-refractivity contribution in [2.75, 3.05) is 33.3 Å². The SMILES string of the molecule is COC(=O)c1csc(S(=O)(=O)N2CCN(C(=O)/C=C/c3ccc(Cl)c(Cl)c3)CC2)c1. The summed E-state index contributed by atoms with van der Waals surface area (Å²) in [5.74, 6) is -0.806. The Morgan fingerprint density at radius 3 is 2.43 bits per heavy atom. The number of amides is 1. The molecule has 1 amide bonds. The van der Waals surface area contributed by atoms with Crippen LogP contribution in [-0.2, 0) is 19.6 Å². The second-order valence-corrected chi connectivity index (χ2v) is 10.3. The van der Waals surface area contributed by atoms with Crippen LogP contribution in [0.1, 0.15) is 15.9 Å². The molecule has 0 N–H and O–H groups in total. The summed E-state index contributed by atoms with van der Waals surface area (Å²) in [6, 6.07) is 6.35. The summed E-state index contributed by atoms with van der Waals surface area (Å²) >= 11 is 12.8. The zero-order valence-corrected chi connectivity index (χ0v) is 19.0. The van der Waals surface area contributed by atoms with E-state index in [4.69, 9.17) is 23.2 Å². The quantitative estimate of drug-likeness (QED) is 0.475. The number of piperazine rings is 1. The third kappa shape index (κ3) is 5.04. The van der Waals surface area contributed by atoms with E-state index in [0.717, 1.165) is 16.9 Å². The molecule has 1 aliphatic heterocycles. The fraction of sp³-hybridized carbons (Fsp3) is 0.263. The highest BCUT2D eigenvalue weighted by Gasteiger charge is 2.31. The molecule has 0 atom stereocenters. The van der Waals surface area contributed by atoms with Gasteiger partial charge < -0.3 is 9.64 Å². The monoisotopic (exact) mass is 488 g/mol. The number of rotatable bonds is 5. The highest BCUT2D eigenvalue weighted by atomic mass is 35.5. The van der Waals surface area contributed by atoms with Crippen molar-refractivity contribution < 1.29 is 22.7 Å². The minimum Gasteiger partial charge on any atom is -0.465 e. The van der Waals surface area contributed by atoms with Crippen LogP contribution >= 0.6 is 34.5 Å². The molecule has 0 radical (unpaired) electrons. The van der Waals surface area contributed by atoms with Crippen LogP contribution < -0.4 is 0 Å². The van der Waals surface area contributed by atoms with Gasteiger partial charge in [0.25, 0.3) is 10.0 Å². The Balaban J connectivity index is 1.61. The second-order valence-electron chi connectivity index (χ2n) is 6.38. The first-order chi connectivity index (χ1) is 14.2. The molecule has 7 nitrogen and oxygen atoms in total. The van der Waals surface area contributed by atoms with E-state index in [1.807, 2.05) is 0 Å². The molecule has 30 heavy (non-hydrogen) atoms. The molecule has 11 heteroatoms. The van der Waals surface area contributed by atoms with E-state index in [1.165, 1.54) is 28.9 Å². The van der Waals surface area contributed by atoms with E-state index in [-0.39, 0.29) is 41.9 Å². The lowest BCUT2D eigenvalue weighted by Gasteiger charge is -2.33. The van der Waals surface area contributed by atoms with Crippen LogP contribution in [0.5, 0.6) is 0 Å². The predicted octanol–water partition coefficient (Wildman–Crippen LogP) is 3.39. The van der Waals surface area contributed by atoms with Crippen LogP contribution in [0.15, 0.2) is 39.9 Å². The van der Waals surface area contributed by atoms with E-state index in [0.29, 0.717) is 10.0 Å². The van der Waals surface area contributed by atoms with Crippen molar-refractivity contribution in [2.45, 2.75) is 4.21 Å². The number of sulfonamides is 1. The van der Waals surface area contributed by atoms with Gasteiger partial charge in [0.1, 0.15) is 4.21 Å². The van der Waals surface area contributed by atoms with Gasteiger partial charge in [-0.05, 0) is 29.8 Å².